The monoisotopic (exact) mass is 212 g/mol. The molecule has 0 aromatic carbocycles. The van der Waals surface area contributed by atoms with Gasteiger partial charge in [-0.3, -0.25) is 4.79 Å². The lowest BCUT2D eigenvalue weighted by Gasteiger charge is -2.18. The first kappa shape index (κ1) is 13.9. The van der Waals surface area contributed by atoms with Gasteiger partial charge in [0.2, 0.25) is 5.91 Å². The summed E-state index contributed by atoms with van der Waals surface area (Å²) in [6.45, 7) is 4.82. The smallest absolute Gasteiger partial charge is 0.240 e. The first-order valence-corrected chi connectivity index (χ1v) is 5.29. The van der Waals surface area contributed by atoms with Gasteiger partial charge in [-0.25, -0.2) is 0 Å². The first-order chi connectivity index (χ1) is 7.10. The molecule has 0 rings (SSSR count). The molecule has 1 atom stereocenters. The van der Waals surface area contributed by atoms with Crippen LogP contribution in [0.25, 0.3) is 0 Å². The molecule has 0 bridgehead atoms. The number of hydrogen-bond donors (Lipinski definition) is 1. The van der Waals surface area contributed by atoms with Crippen molar-refractivity contribution in [2.45, 2.75) is 33.1 Å². The van der Waals surface area contributed by atoms with Gasteiger partial charge in [0.25, 0.3) is 0 Å². The summed E-state index contributed by atoms with van der Waals surface area (Å²) in [4.78, 5) is 11.6. The molecule has 86 valence electrons. The number of carbonyl (C=O) groups is 1. The number of nitrogens with one attached hydrogen (secondary N) is 1. The predicted octanol–water partition coefficient (Wildman–Crippen LogP) is 1.47. The Morgan fingerprint density at radius 2 is 2.20 bits per heavy atom. The molecule has 0 heterocycles. The van der Waals surface area contributed by atoms with Crippen LogP contribution in [0.4, 0.5) is 0 Å². The third kappa shape index (κ3) is 4.80. The number of nitrogens with zero attached hydrogens (tertiary/aromatic N) is 1. The van der Waals surface area contributed by atoms with E-state index in [-0.39, 0.29) is 5.91 Å². The molecule has 4 nitrogen and oxygen atoms in total. The average molecular weight is 212 g/mol. The Morgan fingerprint density at radius 1 is 1.53 bits per heavy atom. The van der Waals surface area contributed by atoms with E-state index < -0.39 is 5.41 Å². The number of hydrogen-bond acceptors (Lipinski definition) is 3. The SMILES string of the molecule is CCC(C)(C#N)C(=O)NCCCCOC. The molecule has 0 radical (unpaired) electrons. The van der Waals surface area contributed by atoms with Gasteiger partial charge in [-0.2, -0.15) is 5.26 Å². The van der Waals surface area contributed by atoms with Crippen LogP contribution in [0.2, 0.25) is 0 Å². The van der Waals surface area contributed by atoms with Crippen molar-refractivity contribution in [2.24, 2.45) is 5.41 Å². The maximum absolute atomic E-state index is 11.6. The summed E-state index contributed by atoms with van der Waals surface area (Å²) in [7, 11) is 1.66. The summed E-state index contributed by atoms with van der Waals surface area (Å²) in [6, 6.07) is 2.04. The van der Waals surface area contributed by atoms with E-state index in [4.69, 9.17) is 10.00 Å². The van der Waals surface area contributed by atoms with Crippen molar-refractivity contribution in [1.29, 1.82) is 5.26 Å². The molecule has 0 aliphatic heterocycles. The fourth-order valence-corrected chi connectivity index (χ4v) is 1.06. The molecule has 15 heavy (non-hydrogen) atoms. The highest BCUT2D eigenvalue weighted by Gasteiger charge is 2.30. The van der Waals surface area contributed by atoms with Gasteiger partial charge in [0.15, 0.2) is 0 Å². The van der Waals surface area contributed by atoms with Crippen LogP contribution in [0.1, 0.15) is 33.1 Å². The van der Waals surface area contributed by atoms with Crippen LogP contribution in [-0.4, -0.2) is 26.2 Å². The molecule has 1 unspecified atom stereocenters. The third-order valence-corrected chi connectivity index (χ3v) is 2.52. The zero-order valence-electron chi connectivity index (χ0n) is 9.80. The number of rotatable bonds is 7. The van der Waals surface area contributed by atoms with E-state index in [1.165, 1.54) is 0 Å². The summed E-state index contributed by atoms with van der Waals surface area (Å²) in [6.07, 6.45) is 2.34. The van der Waals surface area contributed by atoms with Crippen molar-refractivity contribution in [1.82, 2.24) is 5.32 Å². The number of amides is 1. The van der Waals surface area contributed by atoms with Gasteiger partial charge in [0.1, 0.15) is 5.41 Å². The second-order valence-corrected chi connectivity index (χ2v) is 3.75. The second-order valence-electron chi connectivity index (χ2n) is 3.75. The standard InChI is InChI=1S/C11H20N2O2/c1-4-11(2,9-12)10(14)13-7-5-6-8-15-3/h4-8H2,1-3H3,(H,13,14). The minimum Gasteiger partial charge on any atom is -0.385 e. The van der Waals surface area contributed by atoms with Crippen molar-refractivity contribution >= 4 is 5.91 Å². The molecule has 0 saturated heterocycles. The molecule has 0 aliphatic carbocycles. The van der Waals surface area contributed by atoms with E-state index in [2.05, 4.69) is 5.32 Å². The van der Waals surface area contributed by atoms with Gasteiger partial charge in [-0.15, -0.1) is 0 Å². The molecule has 0 aromatic heterocycles. The Balaban J connectivity index is 3.79. The van der Waals surface area contributed by atoms with Crippen LogP contribution in [0, 0.1) is 16.7 Å². The normalized spacial score (nSPS) is 14.0. The lowest BCUT2D eigenvalue weighted by molar-refractivity contribution is -0.127. The van der Waals surface area contributed by atoms with Gasteiger partial charge in [-0.05, 0) is 26.2 Å². The Hall–Kier alpha value is -1.08. The minimum absolute atomic E-state index is 0.176. The lowest BCUT2D eigenvalue weighted by Crippen LogP contribution is -2.38. The Morgan fingerprint density at radius 3 is 2.67 bits per heavy atom. The number of carbonyl (C=O) groups excluding carboxylic acids is 1. The van der Waals surface area contributed by atoms with Crippen LogP contribution < -0.4 is 5.32 Å². The topological polar surface area (TPSA) is 62.1 Å². The zero-order chi connectivity index (χ0) is 11.7. The van der Waals surface area contributed by atoms with Gasteiger partial charge in [-0.1, -0.05) is 6.92 Å². The molecule has 1 amide bonds. The molecular weight excluding hydrogens is 192 g/mol. The Labute approximate surface area is 91.6 Å². The lowest BCUT2D eigenvalue weighted by atomic mass is 9.88. The third-order valence-electron chi connectivity index (χ3n) is 2.52. The number of methoxy groups -OCH3 is 1. The van der Waals surface area contributed by atoms with Crippen LogP contribution in [0.15, 0.2) is 0 Å². The molecule has 0 spiro atoms. The van der Waals surface area contributed by atoms with E-state index in [0.29, 0.717) is 19.6 Å². The van der Waals surface area contributed by atoms with Gasteiger partial charge in [0, 0.05) is 20.3 Å². The molecule has 1 N–H and O–H groups in total. The first-order valence-electron chi connectivity index (χ1n) is 5.29. The van der Waals surface area contributed by atoms with Crippen molar-refractivity contribution in [3.05, 3.63) is 0 Å². The van der Waals surface area contributed by atoms with Crippen molar-refractivity contribution < 1.29 is 9.53 Å². The fourth-order valence-electron chi connectivity index (χ4n) is 1.06. The van der Waals surface area contributed by atoms with Crippen LogP contribution >= 0.6 is 0 Å². The largest absolute Gasteiger partial charge is 0.385 e. The molecular formula is C11H20N2O2. The summed E-state index contributed by atoms with van der Waals surface area (Å²) in [5, 5.41) is 11.6. The summed E-state index contributed by atoms with van der Waals surface area (Å²) in [5.74, 6) is -0.176. The Kier molecular flexibility index (Phi) is 6.72. The zero-order valence-corrected chi connectivity index (χ0v) is 9.80. The van der Waals surface area contributed by atoms with Crippen molar-refractivity contribution in [3.63, 3.8) is 0 Å². The second kappa shape index (κ2) is 7.24. The van der Waals surface area contributed by atoms with Gasteiger partial charge >= 0.3 is 0 Å². The van der Waals surface area contributed by atoms with E-state index >= 15 is 0 Å². The van der Waals surface area contributed by atoms with Crippen LogP contribution in [0.5, 0.6) is 0 Å². The maximum atomic E-state index is 11.6. The van der Waals surface area contributed by atoms with E-state index in [1.807, 2.05) is 13.0 Å². The molecule has 0 saturated carbocycles. The molecule has 4 heteroatoms. The van der Waals surface area contributed by atoms with Gasteiger partial charge < -0.3 is 10.1 Å². The highest BCUT2D eigenvalue weighted by atomic mass is 16.5. The number of ether oxygens (including phenoxy) is 1. The van der Waals surface area contributed by atoms with E-state index in [9.17, 15) is 4.79 Å². The quantitative estimate of drug-likeness (QED) is 0.650. The van der Waals surface area contributed by atoms with Crippen LogP contribution in [0.3, 0.4) is 0 Å². The number of nitriles is 1. The molecule has 0 fully saturated rings. The predicted molar refractivity (Wildman–Crippen MR) is 58.1 cm³/mol. The van der Waals surface area contributed by atoms with Crippen LogP contribution in [-0.2, 0) is 9.53 Å². The fraction of sp³-hybridized carbons (Fsp3) is 0.818. The minimum atomic E-state index is -0.888. The highest BCUT2D eigenvalue weighted by Crippen LogP contribution is 2.19. The Bertz CT molecular complexity index is 235. The van der Waals surface area contributed by atoms with E-state index in [1.54, 1.807) is 14.0 Å². The average Bonchev–Trinajstić information content (AvgIpc) is 2.27. The van der Waals surface area contributed by atoms with Crippen molar-refractivity contribution in [2.75, 3.05) is 20.3 Å². The van der Waals surface area contributed by atoms with Gasteiger partial charge in [0.05, 0.1) is 6.07 Å². The molecule has 0 aromatic rings. The van der Waals surface area contributed by atoms with E-state index in [0.717, 1.165) is 12.8 Å². The summed E-state index contributed by atoms with van der Waals surface area (Å²) < 4.78 is 4.89. The number of unbranched alkanes of at least 4 members (excludes halogenated alkanes) is 1. The summed E-state index contributed by atoms with van der Waals surface area (Å²) >= 11 is 0. The molecule has 0 aliphatic rings. The highest BCUT2D eigenvalue weighted by molar-refractivity contribution is 5.84. The van der Waals surface area contributed by atoms with Crippen molar-refractivity contribution in [3.8, 4) is 6.07 Å². The summed E-state index contributed by atoms with van der Waals surface area (Å²) in [5.41, 5.74) is -0.888. The maximum Gasteiger partial charge on any atom is 0.240 e.